The van der Waals surface area contributed by atoms with Crippen LogP contribution in [0.2, 0.25) is 0 Å². The van der Waals surface area contributed by atoms with Crippen molar-refractivity contribution in [3.8, 4) is 0 Å². The first-order valence-corrected chi connectivity index (χ1v) is 6.50. The van der Waals surface area contributed by atoms with Crippen LogP contribution in [0.4, 0.5) is 5.69 Å². The summed E-state index contributed by atoms with van der Waals surface area (Å²) in [6.45, 7) is 5.00. The molecule has 0 saturated carbocycles. The Balaban J connectivity index is 2.95. The van der Waals surface area contributed by atoms with Gasteiger partial charge in [0.05, 0.1) is 10.8 Å². The highest BCUT2D eigenvalue weighted by Gasteiger charge is 2.25. The zero-order chi connectivity index (χ0) is 16.2. The van der Waals surface area contributed by atoms with Gasteiger partial charge in [-0.2, -0.15) is 0 Å². The Labute approximate surface area is 122 Å². The van der Waals surface area contributed by atoms with Gasteiger partial charge in [0, 0.05) is 12.6 Å². The normalized spacial score (nSPS) is 12.0. The molecule has 0 bridgehead atoms. The molecule has 1 amide bonds. The van der Waals surface area contributed by atoms with Gasteiger partial charge in [-0.3, -0.25) is 19.7 Å². The lowest BCUT2D eigenvalue weighted by molar-refractivity contribution is -0.385. The summed E-state index contributed by atoms with van der Waals surface area (Å²) in [6.07, 6.45) is 0. The second kappa shape index (κ2) is 6.83. The predicted octanol–water partition coefficient (Wildman–Crippen LogP) is 1.99. The number of carbonyl (C=O) groups is 2. The van der Waals surface area contributed by atoms with Gasteiger partial charge in [0.15, 0.2) is 0 Å². The maximum atomic E-state index is 12.1. The summed E-state index contributed by atoms with van der Waals surface area (Å²) in [5.74, 6) is -2.54. The van der Waals surface area contributed by atoms with Gasteiger partial charge >= 0.3 is 5.97 Å². The molecule has 0 saturated heterocycles. The van der Waals surface area contributed by atoms with E-state index in [-0.39, 0.29) is 23.7 Å². The minimum Gasteiger partial charge on any atom is -0.481 e. The number of carboxylic acids is 1. The van der Waals surface area contributed by atoms with Crippen molar-refractivity contribution in [2.45, 2.75) is 20.8 Å². The molecule has 21 heavy (non-hydrogen) atoms. The van der Waals surface area contributed by atoms with Gasteiger partial charge in [-0.05, 0) is 18.4 Å². The van der Waals surface area contributed by atoms with Gasteiger partial charge in [-0.15, -0.1) is 0 Å². The van der Waals surface area contributed by atoms with Crippen molar-refractivity contribution < 1.29 is 19.6 Å². The second-order valence-corrected chi connectivity index (χ2v) is 5.12. The van der Waals surface area contributed by atoms with E-state index in [1.165, 1.54) is 12.1 Å². The molecule has 0 radical (unpaired) electrons. The molecule has 2 N–H and O–H groups in total. The molecule has 1 unspecified atom stereocenters. The Morgan fingerprint density at radius 2 is 2.00 bits per heavy atom. The number of aliphatic carboxylic acids is 1. The van der Waals surface area contributed by atoms with E-state index in [9.17, 15) is 19.7 Å². The summed E-state index contributed by atoms with van der Waals surface area (Å²) in [5, 5.41) is 22.5. The largest absolute Gasteiger partial charge is 0.481 e. The van der Waals surface area contributed by atoms with E-state index in [1.54, 1.807) is 26.8 Å². The Hall–Kier alpha value is -2.44. The fourth-order valence-corrected chi connectivity index (χ4v) is 2.00. The number of carbonyl (C=O) groups excluding carboxylic acids is 1. The van der Waals surface area contributed by atoms with Crippen LogP contribution in [0.3, 0.4) is 0 Å². The van der Waals surface area contributed by atoms with E-state index >= 15 is 0 Å². The first-order chi connectivity index (χ1) is 9.75. The number of nitro groups is 1. The SMILES string of the molecule is Cc1cccc([N+](=O)[O-])c1C(=O)NCC(C(=O)O)C(C)C. The summed E-state index contributed by atoms with van der Waals surface area (Å²) in [6, 6.07) is 4.34. The lowest BCUT2D eigenvalue weighted by atomic mass is 9.96. The standard InChI is InChI=1S/C14H18N2O5/c1-8(2)10(14(18)19)7-15-13(17)12-9(3)5-4-6-11(12)16(20)21/h4-6,8,10H,7H2,1-3H3,(H,15,17)(H,18,19). The summed E-state index contributed by atoms with van der Waals surface area (Å²) in [5.41, 5.74) is 0.150. The number of amides is 1. The zero-order valence-corrected chi connectivity index (χ0v) is 12.1. The van der Waals surface area contributed by atoms with Gasteiger partial charge in [0.2, 0.25) is 0 Å². The number of benzene rings is 1. The minimum absolute atomic E-state index is 0.0320. The summed E-state index contributed by atoms with van der Waals surface area (Å²) >= 11 is 0. The third-order valence-electron chi connectivity index (χ3n) is 3.28. The third-order valence-corrected chi connectivity index (χ3v) is 3.28. The van der Waals surface area contributed by atoms with Crippen LogP contribution in [-0.2, 0) is 4.79 Å². The van der Waals surface area contributed by atoms with Crippen molar-refractivity contribution in [3.05, 3.63) is 39.4 Å². The summed E-state index contributed by atoms with van der Waals surface area (Å²) in [4.78, 5) is 33.5. The highest BCUT2D eigenvalue weighted by atomic mass is 16.6. The molecule has 0 aromatic heterocycles. The van der Waals surface area contributed by atoms with Crippen molar-refractivity contribution in [1.29, 1.82) is 0 Å². The van der Waals surface area contributed by atoms with E-state index in [0.29, 0.717) is 5.56 Å². The molecule has 114 valence electrons. The molecule has 0 aliphatic carbocycles. The average Bonchev–Trinajstić information content (AvgIpc) is 2.37. The molecule has 1 aromatic carbocycles. The fraction of sp³-hybridized carbons (Fsp3) is 0.429. The molecule has 1 rings (SSSR count). The Morgan fingerprint density at radius 1 is 1.38 bits per heavy atom. The van der Waals surface area contributed by atoms with E-state index in [4.69, 9.17) is 5.11 Å². The number of nitro benzene ring substituents is 1. The maximum absolute atomic E-state index is 12.1. The molecule has 0 fully saturated rings. The van der Waals surface area contributed by atoms with Gasteiger partial charge in [0.1, 0.15) is 5.56 Å². The van der Waals surface area contributed by atoms with Crippen LogP contribution >= 0.6 is 0 Å². The Morgan fingerprint density at radius 3 is 2.48 bits per heavy atom. The number of nitrogens with zero attached hydrogens (tertiary/aromatic N) is 1. The smallest absolute Gasteiger partial charge is 0.308 e. The highest BCUT2D eigenvalue weighted by Crippen LogP contribution is 2.21. The van der Waals surface area contributed by atoms with Crippen molar-refractivity contribution in [2.24, 2.45) is 11.8 Å². The zero-order valence-electron chi connectivity index (χ0n) is 12.1. The molecule has 1 atom stereocenters. The van der Waals surface area contributed by atoms with Crippen LogP contribution < -0.4 is 5.32 Å². The third kappa shape index (κ3) is 4.01. The van der Waals surface area contributed by atoms with Crippen LogP contribution in [0.1, 0.15) is 29.8 Å². The monoisotopic (exact) mass is 294 g/mol. The van der Waals surface area contributed by atoms with Crippen molar-refractivity contribution in [3.63, 3.8) is 0 Å². The molecular weight excluding hydrogens is 276 g/mol. The predicted molar refractivity (Wildman–Crippen MR) is 76.1 cm³/mol. The van der Waals surface area contributed by atoms with Crippen LogP contribution in [0.25, 0.3) is 0 Å². The molecule has 0 aliphatic heterocycles. The van der Waals surface area contributed by atoms with Gasteiger partial charge in [-0.25, -0.2) is 0 Å². The van der Waals surface area contributed by atoms with Crippen molar-refractivity contribution >= 4 is 17.6 Å². The average molecular weight is 294 g/mol. The number of rotatable bonds is 6. The number of aryl methyl sites for hydroxylation is 1. The highest BCUT2D eigenvalue weighted by molar-refractivity contribution is 5.99. The topological polar surface area (TPSA) is 110 Å². The minimum atomic E-state index is -1.01. The molecule has 0 spiro atoms. The van der Waals surface area contributed by atoms with Gasteiger partial charge < -0.3 is 10.4 Å². The lowest BCUT2D eigenvalue weighted by Crippen LogP contribution is -2.36. The molecule has 1 aromatic rings. The number of nitrogens with one attached hydrogen (secondary N) is 1. The van der Waals surface area contributed by atoms with Gasteiger partial charge in [-0.1, -0.05) is 26.0 Å². The molecular formula is C14H18N2O5. The fourth-order valence-electron chi connectivity index (χ4n) is 2.00. The van der Waals surface area contributed by atoms with E-state index in [0.717, 1.165) is 0 Å². The molecule has 0 heterocycles. The molecule has 0 aliphatic rings. The van der Waals surface area contributed by atoms with Gasteiger partial charge in [0.25, 0.3) is 11.6 Å². The van der Waals surface area contributed by atoms with E-state index < -0.39 is 22.7 Å². The van der Waals surface area contributed by atoms with Crippen molar-refractivity contribution in [1.82, 2.24) is 5.32 Å². The first-order valence-electron chi connectivity index (χ1n) is 6.50. The Bertz CT molecular complexity index is 568. The maximum Gasteiger partial charge on any atom is 0.308 e. The first kappa shape index (κ1) is 16.6. The van der Waals surface area contributed by atoms with Crippen molar-refractivity contribution in [2.75, 3.05) is 6.54 Å². The molecule has 7 nitrogen and oxygen atoms in total. The number of hydrogen-bond donors (Lipinski definition) is 2. The van der Waals surface area contributed by atoms with Crippen LogP contribution in [-0.4, -0.2) is 28.5 Å². The quantitative estimate of drug-likeness (QED) is 0.616. The van der Waals surface area contributed by atoms with Crippen LogP contribution in [0.15, 0.2) is 18.2 Å². The number of carboxylic acid groups (broad SMARTS) is 1. The number of hydrogen-bond acceptors (Lipinski definition) is 4. The van der Waals surface area contributed by atoms with E-state index in [1.807, 2.05) is 0 Å². The second-order valence-electron chi connectivity index (χ2n) is 5.12. The van der Waals surface area contributed by atoms with E-state index in [2.05, 4.69) is 5.32 Å². The molecule has 7 heteroatoms. The van der Waals surface area contributed by atoms with Crippen LogP contribution in [0.5, 0.6) is 0 Å². The Kier molecular flexibility index (Phi) is 5.40. The summed E-state index contributed by atoms with van der Waals surface area (Å²) in [7, 11) is 0. The van der Waals surface area contributed by atoms with Crippen LogP contribution in [0, 0.1) is 28.9 Å². The lowest BCUT2D eigenvalue weighted by Gasteiger charge is -2.17. The summed E-state index contributed by atoms with van der Waals surface area (Å²) < 4.78 is 0.